The van der Waals surface area contributed by atoms with Crippen LogP contribution in [0.25, 0.3) is 5.65 Å². The van der Waals surface area contributed by atoms with Gasteiger partial charge in [-0.25, -0.2) is 4.98 Å². The van der Waals surface area contributed by atoms with Crippen LogP contribution < -0.4 is 5.56 Å². The highest BCUT2D eigenvalue weighted by molar-refractivity contribution is 5.93. The second-order valence-corrected chi connectivity index (χ2v) is 6.90. The number of hydrogen-bond acceptors (Lipinski definition) is 4. The van der Waals surface area contributed by atoms with Crippen molar-refractivity contribution in [2.24, 2.45) is 0 Å². The maximum Gasteiger partial charge on any atom is 0.270 e. The van der Waals surface area contributed by atoms with Gasteiger partial charge in [-0.3, -0.25) is 18.9 Å². The summed E-state index contributed by atoms with van der Waals surface area (Å²) in [6.07, 6.45) is 3.04. The first-order valence-corrected chi connectivity index (χ1v) is 9.16. The van der Waals surface area contributed by atoms with Gasteiger partial charge in [-0.05, 0) is 30.2 Å². The first-order chi connectivity index (χ1) is 13.1. The van der Waals surface area contributed by atoms with Gasteiger partial charge in [-0.2, -0.15) is 0 Å². The quantitative estimate of drug-likeness (QED) is 0.715. The number of carbonyl (C=O) groups excluding carboxylic acids is 1. The Morgan fingerprint density at radius 2 is 1.78 bits per heavy atom. The third-order valence-electron chi connectivity index (χ3n) is 5.16. The average molecular weight is 362 g/mol. The summed E-state index contributed by atoms with van der Waals surface area (Å²) >= 11 is 0. The Labute approximate surface area is 157 Å². The number of fused-ring (bicyclic) bond motifs is 1. The van der Waals surface area contributed by atoms with E-state index < -0.39 is 0 Å². The molecule has 4 rings (SSSR count). The zero-order valence-corrected chi connectivity index (χ0v) is 15.3. The number of rotatable bonds is 3. The molecule has 0 N–H and O–H groups in total. The normalized spacial score (nSPS) is 15.2. The molecule has 0 atom stereocenters. The molecule has 0 aliphatic carbocycles. The monoisotopic (exact) mass is 362 g/mol. The highest BCUT2D eigenvalue weighted by Crippen LogP contribution is 2.13. The Morgan fingerprint density at radius 3 is 2.56 bits per heavy atom. The standard InChI is InChI=1S/C21H22N4O2/c1-16-6-2-3-7-17(16)15-23-10-12-24(13-11-23)20(26)18-14-22-19-8-4-5-9-25(19)21(18)27/h2-9,14H,10-13,15H2,1H3. The molecule has 6 nitrogen and oxygen atoms in total. The van der Waals surface area contributed by atoms with Crippen molar-refractivity contribution >= 4 is 11.6 Å². The fraction of sp³-hybridized carbons (Fsp3) is 0.286. The molecule has 0 bridgehead atoms. The lowest BCUT2D eigenvalue weighted by Gasteiger charge is -2.34. The largest absolute Gasteiger partial charge is 0.336 e. The van der Waals surface area contributed by atoms with Crippen LogP contribution >= 0.6 is 0 Å². The zero-order chi connectivity index (χ0) is 18.8. The summed E-state index contributed by atoms with van der Waals surface area (Å²) in [4.78, 5) is 33.8. The van der Waals surface area contributed by atoms with Crippen molar-refractivity contribution < 1.29 is 4.79 Å². The van der Waals surface area contributed by atoms with E-state index in [0.29, 0.717) is 18.7 Å². The van der Waals surface area contributed by atoms with E-state index in [2.05, 4.69) is 35.0 Å². The molecule has 0 radical (unpaired) electrons. The number of benzene rings is 1. The van der Waals surface area contributed by atoms with Gasteiger partial charge in [0.2, 0.25) is 0 Å². The molecule has 1 amide bonds. The summed E-state index contributed by atoms with van der Waals surface area (Å²) in [6.45, 7) is 5.82. The predicted octanol–water partition coefficient (Wildman–Crippen LogP) is 1.96. The molecule has 3 heterocycles. The van der Waals surface area contributed by atoms with Crippen LogP contribution in [0, 0.1) is 6.92 Å². The van der Waals surface area contributed by atoms with Gasteiger partial charge in [0.05, 0.1) is 0 Å². The third kappa shape index (κ3) is 3.48. The highest BCUT2D eigenvalue weighted by Gasteiger charge is 2.24. The van der Waals surface area contributed by atoms with E-state index in [9.17, 15) is 9.59 Å². The molecule has 2 aromatic heterocycles. The number of nitrogens with zero attached hydrogens (tertiary/aromatic N) is 4. The van der Waals surface area contributed by atoms with Crippen molar-refractivity contribution in [3.8, 4) is 0 Å². The van der Waals surface area contributed by atoms with Crippen molar-refractivity contribution in [3.05, 3.63) is 81.9 Å². The molecule has 0 unspecified atom stereocenters. The van der Waals surface area contributed by atoms with Gasteiger partial charge in [0.1, 0.15) is 11.2 Å². The Bertz CT molecular complexity index is 1040. The topological polar surface area (TPSA) is 57.9 Å². The minimum absolute atomic E-state index is 0.131. The summed E-state index contributed by atoms with van der Waals surface area (Å²) in [6, 6.07) is 13.7. The molecule has 0 spiro atoms. The van der Waals surface area contributed by atoms with Crippen LogP contribution in [-0.4, -0.2) is 51.3 Å². The number of aromatic nitrogens is 2. The maximum absolute atomic E-state index is 12.8. The molecular weight excluding hydrogens is 340 g/mol. The molecule has 1 aliphatic rings. The van der Waals surface area contributed by atoms with Gasteiger partial charge in [-0.1, -0.05) is 30.3 Å². The van der Waals surface area contributed by atoms with Gasteiger partial charge >= 0.3 is 0 Å². The van der Waals surface area contributed by atoms with Crippen LogP contribution in [0.15, 0.2) is 59.7 Å². The van der Waals surface area contributed by atoms with E-state index in [0.717, 1.165) is 19.6 Å². The molecule has 1 fully saturated rings. The minimum atomic E-state index is -0.312. The number of aryl methyl sites for hydroxylation is 1. The van der Waals surface area contributed by atoms with E-state index in [1.807, 2.05) is 12.1 Å². The van der Waals surface area contributed by atoms with Crippen LogP contribution in [0.2, 0.25) is 0 Å². The molecule has 1 aromatic carbocycles. The summed E-state index contributed by atoms with van der Waals surface area (Å²) in [5.41, 5.74) is 2.96. The molecule has 3 aromatic rings. The first-order valence-electron chi connectivity index (χ1n) is 9.16. The molecular formula is C21H22N4O2. The molecule has 1 saturated heterocycles. The second-order valence-electron chi connectivity index (χ2n) is 6.90. The van der Waals surface area contributed by atoms with Gasteiger partial charge in [0.15, 0.2) is 0 Å². The summed E-state index contributed by atoms with van der Waals surface area (Å²) in [5.74, 6) is -0.235. The van der Waals surface area contributed by atoms with E-state index >= 15 is 0 Å². The van der Waals surface area contributed by atoms with Crippen molar-refractivity contribution in [1.82, 2.24) is 19.2 Å². The van der Waals surface area contributed by atoms with Gasteiger partial charge in [0.25, 0.3) is 11.5 Å². The molecule has 138 valence electrons. The van der Waals surface area contributed by atoms with Crippen LogP contribution in [0.3, 0.4) is 0 Å². The van der Waals surface area contributed by atoms with Gasteiger partial charge in [0, 0.05) is 45.1 Å². The molecule has 0 saturated carbocycles. The second kappa shape index (κ2) is 7.32. The Hall–Kier alpha value is -2.99. The first kappa shape index (κ1) is 17.4. The smallest absolute Gasteiger partial charge is 0.270 e. The Kier molecular flexibility index (Phi) is 4.73. The molecule has 27 heavy (non-hydrogen) atoms. The van der Waals surface area contributed by atoms with E-state index in [1.54, 1.807) is 23.2 Å². The van der Waals surface area contributed by atoms with Crippen LogP contribution in [-0.2, 0) is 6.54 Å². The van der Waals surface area contributed by atoms with E-state index in [4.69, 9.17) is 0 Å². The third-order valence-corrected chi connectivity index (χ3v) is 5.16. The molecule has 1 aliphatic heterocycles. The van der Waals surface area contributed by atoms with Crippen LogP contribution in [0.5, 0.6) is 0 Å². The van der Waals surface area contributed by atoms with Crippen LogP contribution in [0.4, 0.5) is 0 Å². The highest BCUT2D eigenvalue weighted by atomic mass is 16.2. The van der Waals surface area contributed by atoms with Gasteiger partial charge < -0.3 is 4.90 Å². The number of carbonyl (C=O) groups is 1. The number of piperazine rings is 1. The van der Waals surface area contributed by atoms with E-state index in [-0.39, 0.29) is 17.0 Å². The lowest BCUT2D eigenvalue weighted by atomic mass is 10.1. The van der Waals surface area contributed by atoms with Crippen molar-refractivity contribution in [1.29, 1.82) is 0 Å². The summed E-state index contributed by atoms with van der Waals surface area (Å²) in [5, 5.41) is 0. The predicted molar refractivity (Wildman–Crippen MR) is 104 cm³/mol. The average Bonchev–Trinajstić information content (AvgIpc) is 2.70. The lowest BCUT2D eigenvalue weighted by molar-refractivity contribution is 0.0626. The van der Waals surface area contributed by atoms with Crippen molar-refractivity contribution in [2.75, 3.05) is 26.2 Å². The lowest BCUT2D eigenvalue weighted by Crippen LogP contribution is -2.49. The SMILES string of the molecule is Cc1ccccc1CN1CCN(C(=O)c2cnc3ccccn3c2=O)CC1. The minimum Gasteiger partial charge on any atom is -0.336 e. The Balaban J connectivity index is 1.45. The van der Waals surface area contributed by atoms with E-state index in [1.165, 1.54) is 21.7 Å². The molecule has 6 heteroatoms. The Morgan fingerprint density at radius 1 is 1.04 bits per heavy atom. The number of hydrogen-bond donors (Lipinski definition) is 0. The van der Waals surface area contributed by atoms with Crippen LogP contribution in [0.1, 0.15) is 21.5 Å². The maximum atomic E-state index is 12.8. The summed E-state index contributed by atoms with van der Waals surface area (Å²) in [7, 11) is 0. The van der Waals surface area contributed by atoms with Gasteiger partial charge in [-0.15, -0.1) is 0 Å². The van der Waals surface area contributed by atoms with Crippen molar-refractivity contribution in [3.63, 3.8) is 0 Å². The zero-order valence-electron chi connectivity index (χ0n) is 15.3. The fourth-order valence-electron chi connectivity index (χ4n) is 3.48. The number of amides is 1. The fourth-order valence-corrected chi connectivity index (χ4v) is 3.48. The summed E-state index contributed by atoms with van der Waals surface area (Å²) < 4.78 is 1.42. The number of pyridine rings is 1. The van der Waals surface area contributed by atoms with Crippen molar-refractivity contribution in [2.45, 2.75) is 13.5 Å².